The standard InChI is InChI=1S/C35H39ClN6O4S/c1-6-42-33(43)39-41-35(42,22-25-11-15-27(16-12-25)34(2,3)4)21-7-8-24-9-13-26(14-10-24)29-18-19-30(46-5)32(38-29)40-47(44,45)28-17-20-31(36)37-23-28/h9-20,23H,6-8,21-22H2,1-5H3,(H,38,40). The molecular weight excluding hydrogens is 636 g/mol. The van der Waals surface area contributed by atoms with Gasteiger partial charge in [-0.3, -0.25) is 9.62 Å². The number of aryl methyl sites for hydroxylation is 1. The molecule has 5 rings (SSSR count). The molecule has 3 heterocycles. The summed E-state index contributed by atoms with van der Waals surface area (Å²) >= 11 is 5.81. The van der Waals surface area contributed by atoms with Gasteiger partial charge in [0.2, 0.25) is 0 Å². The molecule has 1 N–H and O–H groups in total. The highest BCUT2D eigenvalue weighted by atomic mass is 35.5. The van der Waals surface area contributed by atoms with Crippen LogP contribution in [0.15, 0.2) is 94.1 Å². The number of likely N-dealkylation sites (N-methyl/N-ethyl adjacent to an activating group) is 1. The molecule has 0 bridgehead atoms. The molecule has 2 amide bonds. The van der Waals surface area contributed by atoms with Gasteiger partial charge in [0.15, 0.2) is 17.2 Å². The lowest BCUT2D eigenvalue weighted by molar-refractivity contribution is 0.138. The molecule has 1 unspecified atom stereocenters. The number of nitrogens with one attached hydrogen (secondary N) is 1. The van der Waals surface area contributed by atoms with Crippen molar-refractivity contribution in [3.05, 3.63) is 101 Å². The maximum absolute atomic E-state index is 13.0. The van der Waals surface area contributed by atoms with E-state index in [1.165, 1.54) is 31.0 Å². The summed E-state index contributed by atoms with van der Waals surface area (Å²) < 4.78 is 33.8. The van der Waals surface area contributed by atoms with E-state index in [4.69, 9.17) is 16.3 Å². The van der Waals surface area contributed by atoms with Gasteiger partial charge in [0.25, 0.3) is 10.0 Å². The molecule has 0 aliphatic carbocycles. The van der Waals surface area contributed by atoms with Gasteiger partial charge in [0.1, 0.15) is 10.0 Å². The number of hydrogen-bond donors (Lipinski definition) is 1. The van der Waals surface area contributed by atoms with Gasteiger partial charge in [0, 0.05) is 24.7 Å². The number of carbonyl (C=O) groups excluding carboxylic acids is 1. The minimum absolute atomic E-state index is 0.0498. The Kier molecular flexibility index (Phi) is 9.97. The van der Waals surface area contributed by atoms with Crippen LogP contribution in [-0.2, 0) is 28.3 Å². The van der Waals surface area contributed by atoms with Crippen LogP contribution in [0.4, 0.5) is 10.6 Å². The summed E-state index contributed by atoms with van der Waals surface area (Å²) in [5, 5.41) is 8.71. The average Bonchev–Trinajstić information content (AvgIpc) is 3.35. The van der Waals surface area contributed by atoms with Crippen molar-refractivity contribution >= 4 is 33.5 Å². The number of benzene rings is 2. The molecule has 0 saturated heterocycles. The third-order valence-corrected chi connectivity index (χ3v) is 9.84. The summed E-state index contributed by atoms with van der Waals surface area (Å²) in [4.78, 5) is 22.8. The van der Waals surface area contributed by atoms with Crippen molar-refractivity contribution in [2.45, 2.75) is 69.4 Å². The Bertz CT molecular complexity index is 1860. The van der Waals surface area contributed by atoms with Crippen LogP contribution in [0.2, 0.25) is 5.15 Å². The highest BCUT2D eigenvalue weighted by molar-refractivity contribution is 7.92. The number of halogens is 1. The Morgan fingerprint density at radius 3 is 2.28 bits per heavy atom. The van der Waals surface area contributed by atoms with Crippen LogP contribution in [0.1, 0.15) is 57.2 Å². The van der Waals surface area contributed by atoms with E-state index in [2.05, 4.69) is 70.0 Å². The summed E-state index contributed by atoms with van der Waals surface area (Å²) in [5.74, 6) is 0.335. The van der Waals surface area contributed by atoms with Gasteiger partial charge in [0.05, 0.1) is 12.8 Å². The number of methoxy groups -OCH3 is 1. The minimum Gasteiger partial charge on any atom is -0.493 e. The number of urea groups is 1. The molecule has 2 aromatic carbocycles. The summed E-state index contributed by atoms with van der Waals surface area (Å²) in [6.45, 7) is 9.06. The van der Waals surface area contributed by atoms with Crippen LogP contribution >= 0.6 is 11.6 Å². The van der Waals surface area contributed by atoms with Crippen molar-refractivity contribution in [1.82, 2.24) is 14.9 Å². The molecule has 0 fully saturated rings. The van der Waals surface area contributed by atoms with Gasteiger partial charge in [-0.25, -0.2) is 23.2 Å². The fourth-order valence-electron chi connectivity index (χ4n) is 5.68. The first-order valence-corrected chi connectivity index (χ1v) is 17.3. The second-order valence-corrected chi connectivity index (χ2v) is 14.6. The fourth-order valence-corrected chi connectivity index (χ4v) is 6.74. The summed E-state index contributed by atoms with van der Waals surface area (Å²) in [6, 6.07) is 22.5. The molecule has 0 saturated carbocycles. The van der Waals surface area contributed by atoms with Crippen LogP contribution in [0.3, 0.4) is 0 Å². The van der Waals surface area contributed by atoms with Gasteiger partial charge >= 0.3 is 6.03 Å². The molecule has 10 nitrogen and oxygen atoms in total. The predicted molar refractivity (Wildman–Crippen MR) is 183 cm³/mol. The van der Waals surface area contributed by atoms with E-state index in [9.17, 15) is 13.2 Å². The number of amides is 2. The van der Waals surface area contributed by atoms with E-state index in [-0.39, 0.29) is 33.1 Å². The van der Waals surface area contributed by atoms with Crippen LogP contribution < -0.4 is 9.46 Å². The average molecular weight is 675 g/mol. The lowest BCUT2D eigenvalue weighted by atomic mass is 9.85. The Morgan fingerprint density at radius 2 is 1.66 bits per heavy atom. The second-order valence-electron chi connectivity index (χ2n) is 12.6. The summed E-state index contributed by atoms with van der Waals surface area (Å²) in [6.07, 6.45) is 4.03. The number of sulfonamides is 1. The van der Waals surface area contributed by atoms with Crippen molar-refractivity contribution in [1.29, 1.82) is 0 Å². The number of azo groups is 1. The van der Waals surface area contributed by atoms with Crippen LogP contribution in [0.5, 0.6) is 5.75 Å². The second kappa shape index (κ2) is 13.8. The normalized spacial score (nSPS) is 16.5. The van der Waals surface area contributed by atoms with E-state index in [0.29, 0.717) is 25.1 Å². The van der Waals surface area contributed by atoms with E-state index in [1.54, 1.807) is 17.0 Å². The maximum atomic E-state index is 13.0. The smallest absolute Gasteiger partial charge is 0.363 e. The van der Waals surface area contributed by atoms with Gasteiger partial charge < -0.3 is 4.74 Å². The van der Waals surface area contributed by atoms with Crippen molar-refractivity contribution in [2.75, 3.05) is 18.4 Å². The number of rotatable bonds is 12. The number of ether oxygens (including phenoxy) is 1. The fraction of sp³-hybridized carbons (Fsp3) is 0.343. The van der Waals surface area contributed by atoms with E-state index < -0.39 is 15.7 Å². The molecule has 47 heavy (non-hydrogen) atoms. The van der Waals surface area contributed by atoms with Gasteiger partial charge in [-0.2, -0.15) is 5.11 Å². The molecule has 0 radical (unpaired) electrons. The van der Waals surface area contributed by atoms with Crippen molar-refractivity contribution < 1.29 is 17.9 Å². The third-order valence-electron chi connectivity index (χ3n) is 8.29. The highest BCUT2D eigenvalue weighted by Gasteiger charge is 2.43. The molecule has 0 spiro atoms. The molecule has 4 aromatic rings. The highest BCUT2D eigenvalue weighted by Crippen LogP contribution is 2.35. The maximum Gasteiger partial charge on any atom is 0.363 e. The number of hydrogen-bond acceptors (Lipinski definition) is 7. The van der Waals surface area contributed by atoms with Gasteiger partial charge in [-0.15, -0.1) is 0 Å². The Morgan fingerprint density at radius 1 is 0.957 bits per heavy atom. The number of anilines is 1. The van der Waals surface area contributed by atoms with Crippen LogP contribution in [-0.4, -0.2) is 48.6 Å². The molecule has 246 valence electrons. The van der Waals surface area contributed by atoms with E-state index >= 15 is 0 Å². The van der Waals surface area contributed by atoms with E-state index in [1.807, 2.05) is 31.2 Å². The minimum atomic E-state index is -3.98. The molecule has 1 atom stereocenters. The monoisotopic (exact) mass is 674 g/mol. The summed E-state index contributed by atoms with van der Waals surface area (Å²) in [7, 11) is -2.53. The van der Waals surface area contributed by atoms with Crippen molar-refractivity contribution in [3.63, 3.8) is 0 Å². The number of pyridine rings is 2. The van der Waals surface area contributed by atoms with E-state index in [0.717, 1.165) is 29.5 Å². The third kappa shape index (κ3) is 7.80. The Balaban J connectivity index is 1.28. The van der Waals surface area contributed by atoms with Crippen molar-refractivity contribution in [3.8, 4) is 17.0 Å². The Labute approximate surface area is 281 Å². The first-order valence-electron chi connectivity index (χ1n) is 15.5. The first kappa shape index (κ1) is 34.0. The topological polar surface area (TPSA) is 126 Å². The zero-order chi connectivity index (χ0) is 33.8. The molecule has 1 aliphatic heterocycles. The number of aromatic nitrogens is 2. The van der Waals surface area contributed by atoms with Crippen LogP contribution in [0, 0.1) is 0 Å². The quantitative estimate of drug-likeness (QED) is 0.151. The Hall–Kier alpha value is -4.35. The van der Waals surface area contributed by atoms with Gasteiger partial charge in [-0.05, 0) is 72.6 Å². The van der Waals surface area contributed by atoms with Gasteiger partial charge in [-0.1, -0.05) is 86.0 Å². The zero-order valence-electron chi connectivity index (χ0n) is 27.2. The zero-order valence-corrected chi connectivity index (χ0v) is 28.8. The number of carbonyl (C=O) groups is 1. The van der Waals surface area contributed by atoms with Crippen molar-refractivity contribution in [2.24, 2.45) is 10.2 Å². The molecule has 1 aliphatic rings. The molecule has 12 heteroatoms. The van der Waals surface area contributed by atoms with Crippen LogP contribution in [0.25, 0.3) is 11.3 Å². The lowest BCUT2D eigenvalue weighted by Crippen LogP contribution is -2.47. The number of nitrogens with zero attached hydrogens (tertiary/aromatic N) is 5. The SMILES string of the molecule is CCN1C(=O)N=NC1(CCCc1ccc(-c2ccc(OC)c(NS(=O)(=O)c3ccc(Cl)nc3)n2)cc1)Cc1ccc(C(C)(C)C)cc1. The summed E-state index contributed by atoms with van der Waals surface area (Å²) in [5.41, 5.74) is 4.22. The molecular formula is C35H39ClN6O4S. The first-order chi connectivity index (χ1) is 22.3. The lowest BCUT2D eigenvalue weighted by Gasteiger charge is -2.34. The molecule has 2 aromatic heterocycles. The largest absolute Gasteiger partial charge is 0.493 e. The predicted octanol–water partition coefficient (Wildman–Crippen LogP) is 8.07.